The minimum atomic E-state index is -0.882. The Morgan fingerprint density at radius 1 is 1.37 bits per heavy atom. The highest BCUT2D eigenvalue weighted by molar-refractivity contribution is 5.76. The van der Waals surface area contributed by atoms with Gasteiger partial charge in [-0.25, -0.2) is 0 Å². The second-order valence-corrected chi connectivity index (χ2v) is 4.33. The number of aromatic nitrogens is 2. The Balaban J connectivity index is 2.49. The lowest BCUT2D eigenvalue weighted by Gasteiger charge is -2.05. The summed E-state index contributed by atoms with van der Waals surface area (Å²) in [6.07, 6.45) is -0.0803. The van der Waals surface area contributed by atoms with Crippen molar-refractivity contribution in [1.29, 1.82) is 0 Å². The van der Waals surface area contributed by atoms with Gasteiger partial charge in [-0.2, -0.15) is 5.10 Å². The van der Waals surface area contributed by atoms with Crippen LogP contribution in [0.4, 0.5) is 0 Å². The third-order valence-corrected chi connectivity index (χ3v) is 3.10. The number of ether oxygens (including phenoxy) is 1. The molecule has 5 heteroatoms. The third-order valence-electron chi connectivity index (χ3n) is 3.10. The van der Waals surface area contributed by atoms with Crippen LogP contribution >= 0.6 is 0 Å². The average Bonchev–Trinajstić information content (AvgIpc) is 2.64. The van der Waals surface area contributed by atoms with Gasteiger partial charge in [-0.3, -0.25) is 9.48 Å². The zero-order chi connectivity index (χ0) is 14.0. The topological polar surface area (TPSA) is 64.3 Å². The monoisotopic (exact) mass is 260 g/mol. The van der Waals surface area contributed by atoms with Crippen LogP contribution in [0, 0.1) is 6.92 Å². The van der Waals surface area contributed by atoms with Crippen LogP contribution in [-0.2, 0) is 18.3 Å². The quantitative estimate of drug-likeness (QED) is 0.913. The van der Waals surface area contributed by atoms with Crippen LogP contribution in [0.1, 0.15) is 11.4 Å². The number of hydrogen-bond acceptors (Lipinski definition) is 3. The molecule has 100 valence electrons. The molecule has 1 aromatic heterocycles. The van der Waals surface area contributed by atoms with Crippen LogP contribution in [0.15, 0.2) is 24.3 Å². The first-order valence-corrected chi connectivity index (χ1v) is 5.91. The van der Waals surface area contributed by atoms with Gasteiger partial charge in [-0.15, -0.1) is 0 Å². The van der Waals surface area contributed by atoms with Crippen molar-refractivity contribution in [3.05, 3.63) is 35.7 Å². The number of aryl methyl sites for hydroxylation is 1. The van der Waals surface area contributed by atoms with E-state index in [1.165, 1.54) is 0 Å². The molecule has 0 radical (unpaired) electrons. The maximum Gasteiger partial charge on any atom is 0.309 e. The van der Waals surface area contributed by atoms with E-state index in [0.29, 0.717) is 5.69 Å². The largest absolute Gasteiger partial charge is 0.497 e. The average molecular weight is 260 g/mol. The summed E-state index contributed by atoms with van der Waals surface area (Å²) in [7, 11) is 3.42. The Kier molecular flexibility index (Phi) is 3.55. The number of carboxylic acid groups (broad SMARTS) is 1. The molecule has 0 unspecified atom stereocenters. The summed E-state index contributed by atoms with van der Waals surface area (Å²) >= 11 is 0. The number of hydrogen-bond donors (Lipinski definition) is 1. The summed E-state index contributed by atoms with van der Waals surface area (Å²) in [5, 5.41) is 13.2. The van der Waals surface area contributed by atoms with Crippen LogP contribution in [0.5, 0.6) is 5.75 Å². The van der Waals surface area contributed by atoms with Gasteiger partial charge < -0.3 is 9.84 Å². The van der Waals surface area contributed by atoms with Gasteiger partial charge in [0.25, 0.3) is 0 Å². The summed E-state index contributed by atoms with van der Waals surface area (Å²) < 4.78 is 6.83. The van der Waals surface area contributed by atoms with Crippen molar-refractivity contribution in [1.82, 2.24) is 9.78 Å². The first-order valence-electron chi connectivity index (χ1n) is 5.91. The van der Waals surface area contributed by atoms with Crippen molar-refractivity contribution < 1.29 is 14.6 Å². The van der Waals surface area contributed by atoms with Crippen LogP contribution in [0.3, 0.4) is 0 Å². The summed E-state index contributed by atoms with van der Waals surface area (Å²) in [6, 6.07) is 7.53. The third kappa shape index (κ3) is 2.59. The lowest BCUT2D eigenvalue weighted by atomic mass is 10.0. The summed E-state index contributed by atoms with van der Waals surface area (Å²) in [6.45, 7) is 1.93. The fourth-order valence-corrected chi connectivity index (χ4v) is 2.08. The van der Waals surface area contributed by atoms with Gasteiger partial charge in [0.1, 0.15) is 5.75 Å². The smallest absolute Gasteiger partial charge is 0.309 e. The second kappa shape index (κ2) is 5.14. The summed E-state index contributed by atoms with van der Waals surface area (Å²) in [5.41, 5.74) is 3.36. The zero-order valence-electron chi connectivity index (χ0n) is 11.2. The number of carboxylic acids is 1. The van der Waals surface area contributed by atoms with Crippen molar-refractivity contribution in [2.75, 3.05) is 7.11 Å². The Morgan fingerprint density at radius 3 is 2.53 bits per heavy atom. The molecule has 2 rings (SSSR count). The standard InChI is InChI=1S/C14H16N2O3/c1-9-14(10-4-6-11(19-3)7-5-10)12(8-13(17)18)15-16(9)2/h4-7H,8H2,1-3H3,(H,17,18). The molecule has 1 heterocycles. The van der Waals surface area contributed by atoms with E-state index in [1.54, 1.807) is 11.8 Å². The molecule has 0 bridgehead atoms. The molecule has 1 N–H and O–H groups in total. The molecule has 19 heavy (non-hydrogen) atoms. The molecule has 2 aromatic rings. The van der Waals surface area contributed by atoms with Gasteiger partial charge in [0.15, 0.2) is 0 Å². The first kappa shape index (κ1) is 13.1. The molecule has 0 amide bonds. The van der Waals surface area contributed by atoms with Crippen LogP contribution < -0.4 is 4.74 Å². The normalized spacial score (nSPS) is 10.5. The van der Waals surface area contributed by atoms with E-state index in [9.17, 15) is 4.79 Å². The zero-order valence-corrected chi connectivity index (χ0v) is 11.2. The number of aliphatic carboxylic acids is 1. The van der Waals surface area contributed by atoms with E-state index in [-0.39, 0.29) is 6.42 Å². The van der Waals surface area contributed by atoms with E-state index in [0.717, 1.165) is 22.6 Å². The summed E-state index contributed by atoms with van der Waals surface area (Å²) in [4.78, 5) is 10.9. The van der Waals surface area contributed by atoms with Crippen molar-refractivity contribution in [3.63, 3.8) is 0 Å². The van der Waals surface area contributed by atoms with E-state index < -0.39 is 5.97 Å². The van der Waals surface area contributed by atoms with Gasteiger partial charge in [0, 0.05) is 18.3 Å². The Labute approximate surface area is 111 Å². The predicted octanol–water partition coefficient (Wildman–Crippen LogP) is 2.03. The Morgan fingerprint density at radius 2 is 2.00 bits per heavy atom. The maximum absolute atomic E-state index is 10.9. The highest BCUT2D eigenvalue weighted by Gasteiger charge is 2.17. The SMILES string of the molecule is COc1ccc(-c2c(CC(=O)O)nn(C)c2C)cc1. The van der Waals surface area contributed by atoms with Gasteiger partial charge in [-0.05, 0) is 24.6 Å². The number of methoxy groups -OCH3 is 1. The number of rotatable bonds is 4. The minimum Gasteiger partial charge on any atom is -0.497 e. The van der Waals surface area contributed by atoms with Crippen molar-refractivity contribution in [2.24, 2.45) is 7.05 Å². The molecule has 0 fully saturated rings. The molecule has 1 aromatic carbocycles. The first-order chi connectivity index (χ1) is 9.02. The number of carbonyl (C=O) groups is 1. The second-order valence-electron chi connectivity index (χ2n) is 4.33. The number of nitrogens with zero attached hydrogens (tertiary/aromatic N) is 2. The molecule has 0 saturated carbocycles. The van der Waals surface area contributed by atoms with Gasteiger partial charge in [0.2, 0.25) is 0 Å². The van der Waals surface area contributed by atoms with E-state index >= 15 is 0 Å². The van der Waals surface area contributed by atoms with Crippen molar-refractivity contribution >= 4 is 5.97 Å². The fraction of sp³-hybridized carbons (Fsp3) is 0.286. The molecule has 0 aliphatic carbocycles. The highest BCUT2D eigenvalue weighted by atomic mass is 16.5. The molecule has 0 saturated heterocycles. The van der Waals surface area contributed by atoms with E-state index in [2.05, 4.69) is 5.10 Å². The lowest BCUT2D eigenvalue weighted by molar-refractivity contribution is -0.136. The molecule has 0 aliphatic heterocycles. The van der Waals surface area contributed by atoms with Gasteiger partial charge >= 0.3 is 5.97 Å². The molecule has 0 aliphatic rings. The summed E-state index contributed by atoms with van der Waals surface area (Å²) in [5.74, 6) is -0.113. The van der Waals surface area contributed by atoms with Crippen LogP contribution in [-0.4, -0.2) is 28.0 Å². The van der Waals surface area contributed by atoms with E-state index in [4.69, 9.17) is 9.84 Å². The molecular formula is C14H16N2O3. The lowest BCUT2D eigenvalue weighted by Crippen LogP contribution is -2.02. The minimum absolute atomic E-state index is 0.0803. The maximum atomic E-state index is 10.9. The fourth-order valence-electron chi connectivity index (χ4n) is 2.08. The van der Waals surface area contributed by atoms with Crippen LogP contribution in [0.25, 0.3) is 11.1 Å². The number of benzene rings is 1. The highest BCUT2D eigenvalue weighted by Crippen LogP contribution is 2.28. The van der Waals surface area contributed by atoms with Gasteiger partial charge in [0.05, 0.1) is 19.2 Å². The molecular weight excluding hydrogens is 244 g/mol. The Bertz CT molecular complexity index is 600. The van der Waals surface area contributed by atoms with Crippen LogP contribution in [0.2, 0.25) is 0 Å². The van der Waals surface area contributed by atoms with Crippen molar-refractivity contribution in [2.45, 2.75) is 13.3 Å². The molecule has 5 nitrogen and oxygen atoms in total. The predicted molar refractivity (Wildman–Crippen MR) is 71.3 cm³/mol. The van der Waals surface area contributed by atoms with Gasteiger partial charge in [-0.1, -0.05) is 12.1 Å². The van der Waals surface area contributed by atoms with E-state index in [1.807, 2.05) is 38.2 Å². The molecule has 0 atom stereocenters. The Hall–Kier alpha value is -2.30. The molecule has 0 spiro atoms. The van der Waals surface area contributed by atoms with Crippen molar-refractivity contribution in [3.8, 4) is 16.9 Å².